The number of aliphatic hydroxyl groups is 1. The van der Waals surface area contributed by atoms with E-state index in [1.165, 1.54) is 0 Å². The minimum absolute atomic E-state index is 0.119. The fourth-order valence-corrected chi connectivity index (χ4v) is 2.88. The van der Waals surface area contributed by atoms with Crippen LogP contribution >= 0.6 is 0 Å². The monoisotopic (exact) mass is 474 g/mol. The number of carbonyl (C=O) groups is 5. The second-order valence-corrected chi connectivity index (χ2v) is 7.91. The summed E-state index contributed by atoms with van der Waals surface area (Å²) in [4.78, 5) is 60.3. The smallest absolute Gasteiger partial charge is 0.328 e. The van der Waals surface area contributed by atoms with Crippen molar-refractivity contribution < 1.29 is 34.2 Å². The molecule has 190 valence electrons. The molecule has 5 atom stereocenters. The zero-order valence-electron chi connectivity index (χ0n) is 19.2. The highest BCUT2D eigenvalue weighted by Crippen LogP contribution is 2.10. The lowest BCUT2D eigenvalue weighted by Gasteiger charge is -2.27. The van der Waals surface area contributed by atoms with Crippen LogP contribution in [0.25, 0.3) is 0 Å². The molecule has 0 aromatic rings. The molecule has 11 N–H and O–H groups in total. The van der Waals surface area contributed by atoms with Gasteiger partial charge in [-0.3, -0.25) is 19.2 Å². The van der Waals surface area contributed by atoms with Gasteiger partial charge in [0.2, 0.25) is 23.6 Å². The second-order valence-electron chi connectivity index (χ2n) is 7.91. The fourth-order valence-electron chi connectivity index (χ4n) is 2.88. The van der Waals surface area contributed by atoms with E-state index in [4.69, 9.17) is 27.4 Å². The third-order valence-electron chi connectivity index (χ3n) is 5.21. The molecule has 4 amide bonds. The lowest BCUT2D eigenvalue weighted by molar-refractivity contribution is -0.143. The number of aliphatic carboxylic acids is 1. The van der Waals surface area contributed by atoms with Crippen LogP contribution in [0.4, 0.5) is 0 Å². The van der Waals surface area contributed by atoms with Gasteiger partial charge < -0.3 is 43.4 Å². The van der Waals surface area contributed by atoms with Gasteiger partial charge in [-0.15, -0.1) is 0 Å². The summed E-state index contributed by atoms with van der Waals surface area (Å²) in [7, 11) is 0. The molecule has 0 aliphatic rings. The van der Waals surface area contributed by atoms with Gasteiger partial charge in [0.15, 0.2) is 0 Å². The van der Waals surface area contributed by atoms with E-state index in [-0.39, 0.29) is 12.8 Å². The predicted octanol–water partition coefficient (Wildman–Crippen LogP) is -2.71. The van der Waals surface area contributed by atoms with E-state index in [0.29, 0.717) is 32.2 Å². The first-order valence-electron chi connectivity index (χ1n) is 11.0. The first-order valence-corrected chi connectivity index (χ1v) is 11.0. The Balaban J connectivity index is 5.45. The molecule has 0 aromatic heterocycles. The van der Waals surface area contributed by atoms with E-state index in [0.717, 1.165) is 0 Å². The van der Waals surface area contributed by atoms with Crippen molar-refractivity contribution in [3.05, 3.63) is 0 Å². The SMILES string of the molecule is CCC(C)C(NC(=O)C(CCC(N)=O)NC(=O)C(N)CCCCN)C(=O)NC(CO)C(=O)O. The quantitative estimate of drug-likeness (QED) is 0.102. The van der Waals surface area contributed by atoms with Crippen molar-refractivity contribution in [2.45, 2.75) is 76.5 Å². The number of primary amides is 1. The maximum Gasteiger partial charge on any atom is 0.328 e. The molecule has 0 aromatic carbocycles. The highest BCUT2D eigenvalue weighted by atomic mass is 16.4. The second kappa shape index (κ2) is 15.9. The molecule has 0 radical (unpaired) electrons. The topological polar surface area (TPSA) is 240 Å². The van der Waals surface area contributed by atoms with Crippen LogP contribution < -0.4 is 33.2 Å². The number of hydrogen-bond acceptors (Lipinski definition) is 8. The summed E-state index contributed by atoms with van der Waals surface area (Å²) in [5.74, 6) is -4.69. The molecule has 5 unspecified atom stereocenters. The highest BCUT2D eigenvalue weighted by molar-refractivity contribution is 5.94. The number of nitrogens with one attached hydrogen (secondary N) is 3. The number of nitrogens with two attached hydrogens (primary N) is 3. The first kappa shape index (κ1) is 30.2. The number of hydrogen-bond donors (Lipinski definition) is 8. The molecule has 0 heterocycles. The number of carboxylic acid groups (broad SMARTS) is 1. The molecular weight excluding hydrogens is 436 g/mol. The standard InChI is InChI=1S/C20H38N6O7/c1-3-11(2)16(19(31)25-14(10-27)20(32)33)26-18(30)13(7-8-15(23)28)24-17(29)12(22)6-4-5-9-21/h11-14,16,27H,3-10,21-22H2,1-2H3,(H2,23,28)(H,24,29)(H,25,31)(H,26,30)(H,32,33). The summed E-state index contributed by atoms with van der Waals surface area (Å²) in [5.41, 5.74) is 16.5. The number of aliphatic hydroxyl groups excluding tert-OH is 1. The van der Waals surface area contributed by atoms with Crippen LogP contribution in [0.3, 0.4) is 0 Å². The summed E-state index contributed by atoms with van der Waals surface area (Å²) in [6.45, 7) is 3.06. The number of rotatable bonds is 17. The molecule has 33 heavy (non-hydrogen) atoms. The van der Waals surface area contributed by atoms with Gasteiger partial charge >= 0.3 is 5.97 Å². The van der Waals surface area contributed by atoms with E-state index < -0.39 is 66.3 Å². The molecule has 0 aliphatic heterocycles. The van der Waals surface area contributed by atoms with E-state index in [1.54, 1.807) is 13.8 Å². The van der Waals surface area contributed by atoms with Crippen LogP contribution in [-0.2, 0) is 24.0 Å². The summed E-state index contributed by atoms with van der Waals surface area (Å²) >= 11 is 0. The molecule has 0 saturated heterocycles. The summed E-state index contributed by atoms with van der Waals surface area (Å²) < 4.78 is 0. The van der Waals surface area contributed by atoms with Gasteiger partial charge in [-0.2, -0.15) is 0 Å². The molecular formula is C20H38N6O7. The minimum atomic E-state index is -1.54. The van der Waals surface area contributed by atoms with E-state index in [9.17, 15) is 24.0 Å². The zero-order chi connectivity index (χ0) is 25.6. The van der Waals surface area contributed by atoms with Gasteiger partial charge in [-0.1, -0.05) is 26.7 Å². The maximum atomic E-state index is 12.9. The molecule has 0 aliphatic carbocycles. The lowest BCUT2D eigenvalue weighted by Crippen LogP contribution is -2.59. The van der Waals surface area contributed by atoms with E-state index >= 15 is 0 Å². The van der Waals surface area contributed by atoms with Gasteiger partial charge in [0.1, 0.15) is 18.1 Å². The third-order valence-corrected chi connectivity index (χ3v) is 5.21. The molecule has 0 saturated carbocycles. The van der Waals surface area contributed by atoms with Crippen molar-refractivity contribution >= 4 is 29.6 Å². The van der Waals surface area contributed by atoms with Crippen molar-refractivity contribution in [1.82, 2.24) is 16.0 Å². The Morgan fingerprint density at radius 3 is 2.00 bits per heavy atom. The van der Waals surface area contributed by atoms with Crippen LogP contribution in [-0.4, -0.2) is 77.1 Å². The molecule has 13 nitrogen and oxygen atoms in total. The normalized spacial score (nSPS) is 15.4. The Morgan fingerprint density at radius 2 is 1.52 bits per heavy atom. The van der Waals surface area contributed by atoms with Crippen molar-refractivity contribution in [3.63, 3.8) is 0 Å². The van der Waals surface area contributed by atoms with Crippen molar-refractivity contribution in [3.8, 4) is 0 Å². The molecule has 0 fully saturated rings. The average Bonchev–Trinajstić information content (AvgIpc) is 2.76. The first-order chi connectivity index (χ1) is 15.5. The summed E-state index contributed by atoms with van der Waals surface area (Å²) in [5, 5.41) is 25.4. The van der Waals surface area contributed by atoms with E-state index in [1.807, 2.05) is 0 Å². The Bertz CT molecular complexity index is 675. The van der Waals surface area contributed by atoms with E-state index in [2.05, 4.69) is 16.0 Å². The number of unbranched alkanes of at least 4 members (excludes halogenated alkanes) is 1. The van der Waals surface area contributed by atoms with Crippen molar-refractivity contribution in [2.24, 2.45) is 23.1 Å². The molecule has 13 heteroatoms. The molecule has 0 bridgehead atoms. The Hall–Kier alpha value is -2.77. The zero-order valence-corrected chi connectivity index (χ0v) is 19.2. The van der Waals surface area contributed by atoms with Crippen molar-refractivity contribution in [2.75, 3.05) is 13.2 Å². The summed E-state index contributed by atoms with van der Waals surface area (Å²) in [6.07, 6.45) is 1.79. The van der Waals surface area contributed by atoms with Gasteiger partial charge in [-0.25, -0.2) is 4.79 Å². The van der Waals surface area contributed by atoms with Gasteiger partial charge in [0.25, 0.3) is 0 Å². The summed E-state index contributed by atoms with van der Waals surface area (Å²) in [6, 6.07) is -4.78. The van der Waals surface area contributed by atoms with Gasteiger partial charge in [0.05, 0.1) is 12.6 Å². The minimum Gasteiger partial charge on any atom is -0.480 e. The fraction of sp³-hybridized carbons (Fsp3) is 0.750. The molecule has 0 spiro atoms. The number of carbonyl (C=O) groups excluding carboxylic acids is 4. The maximum absolute atomic E-state index is 12.9. The molecule has 0 rings (SSSR count). The van der Waals surface area contributed by atoms with Crippen LogP contribution in [0.5, 0.6) is 0 Å². The van der Waals surface area contributed by atoms with Crippen molar-refractivity contribution in [1.29, 1.82) is 0 Å². The van der Waals surface area contributed by atoms with Gasteiger partial charge in [0, 0.05) is 6.42 Å². The Labute approximate surface area is 193 Å². The largest absolute Gasteiger partial charge is 0.480 e. The highest BCUT2D eigenvalue weighted by Gasteiger charge is 2.32. The predicted molar refractivity (Wildman–Crippen MR) is 119 cm³/mol. The van der Waals surface area contributed by atoms with Crippen LogP contribution in [0, 0.1) is 5.92 Å². The van der Waals surface area contributed by atoms with Crippen LogP contribution in [0.1, 0.15) is 52.4 Å². The number of carboxylic acids is 1. The van der Waals surface area contributed by atoms with Crippen LogP contribution in [0.15, 0.2) is 0 Å². The average molecular weight is 475 g/mol. The van der Waals surface area contributed by atoms with Crippen LogP contribution in [0.2, 0.25) is 0 Å². The third kappa shape index (κ3) is 11.6. The lowest BCUT2D eigenvalue weighted by atomic mass is 9.97. The Kier molecular flexibility index (Phi) is 14.6. The number of amides is 4. The Morgan fingerprint density at radius 1 is 0.909 bits per heavy atom. The van der Waals surface area contributed by atoms with Gasteiger partial charge in [-0.05, 0) is 31.7 Å².